The lowest BCUT2D eigenvalue weighted by Gasteiger charge is -2.35. The summed E-state index contributed by atoms with van der Waals surface area (Å²) in [4.78, 5) is 12.0. The summed E-state index contributed by atoms with van der Waals surface area (Å²) < 4.78 is 13.8. The highest BCUT2D eigenvalue weighted by Gasteiger charge is 2.25. The molecule has 0 N–H and O–H groups in total. The van der Waals surface area contributed by atoms with Gasteiger partial charge in [-0.1, -0.05) is 14.9 Å². The lowest BCUT2D eigenvalue weighted by molar-refractivity contribution is 0.00754. The van der Waals surface area contributed by atoms with Crippen LogP contribution in [0, 0.1) is 0 Å². The molecule has 2 unspecified atom stereocenters. The number of piperazine rings is 1. The van der Waals surface area contributed by atoms with Gasteiger partial charge in [-0.15, -0.1) is 22.7 Å². The summed E-state index contributed by atoms with van der Waals surface area (Å²) in [6, 6.07) is 4.43. The van der Waals surface area contributed by atoms with Crippen molar-refractivity contribution < 1.29 is 9.47 Å². The molecule has 6 rings (SSSR count). The number of hydrogen-bond acceptors (Lipinski definition) is 7. The molecular formula is C26H40N4O2S2. The van der Waals surface area contributed by atoms with Gasteiger partial charge in [0.05, 0.1) is 32.2 Å². The minimum absolute atomic E-state index is 0. The quantitative estimate of drug-likeness (QED) is 0.492. The molecule has 3 aromatic heterocycles. The second kappa shape index (κ2) is 13.0. The van der Waals surface area contributed by atoms with Crippen LogP contribution in [-0.4, -0.2) is 72.3 Å². The molecule has 1 saturated heterocycles. The second-order valence-electron chi connectivity index (χ2n) is 8.68. The fourth-order valence-electron chi connectivity index (χ4n) is 4.60. The number of rotatable bonds is 4. The maximum Gasteiger partial charge on any atom is 0.101 e. The normalized spacial score (nSPS) is 22.4. The Hall–Kier alpha value is -1.55. The molecule has 0 spiro atoms. The third-order valence-corrected chi connectivity index (χ3v) is 8.50. The van der Waals surface area contributed by atoms with Crippen LogP contribution in [0.3, 0.4) is 0 Å². The van der Waals surface area contributed by atoms with Crippen LogP contribution in [0.15, 0.2) is 41.6 Å². The topological polar surface area (TPSA) is 42.8 Å². The highest BCUT2D eigenvalue weighted by molar-refractivity contribution is 7.10. The standard InChI is InChI=1S/C13H20N2OS.C11H12N2OS.2CH4/c1-14-4-6-15(7-5-14)10-12-11-3-9-17-13(11)2-8-16-12;1-5-14-10(7-13-4-3-12-8-13)9-2-6-15-11(1)9;;/h3,9,12H,2,4-8,10H2,1H3;2-4,6,8,10H,1,5,7H2;2*1H4. The van der Waals surface area contributed by atoms with Crippen LogP contribution in [-0.2, 0) is 28.9 Å². The van der Waals surface area contributed by atoms with Gasteiger partial charge in [0.25, 0.3) is 0 Å². The number of aromatic nitrogens is 2. The number of hydrogen-bond donors (Lipinski definition) is 0. The van der Waals surface area contributed by atoms with Crippen molar-refractivity contribution in [1.82, 2.24) is 19.4 Å². The Kier molecular flexibility index (Phi) is 10.3. The van der Waals surface area contributed by atoms with Gasteiger partial charge >= 0.3 is 0 Å². The Morgan fingerprint density at radius 1 is 0.882 bits per heavy atom. The Bertz CT molecular complexity index is 963. The van der Waals surface area contributed by atoms with E-state index in [0.29, 0.717) is 6.10 Å². The van der Waals surface area contributed by atoms with E-state index in [9.17, 15) is 0 Å². The molecule has 2 atom stereocenters. The summed E-state index contributed by atoms with van der Waals surface area (Å²) in [5.41, 5.74) is 2.81. The maximum atomic E-state index is 5.94. The zero-order chi connectivity index (χ0) is 21.8. The highest BCUT2D eigenvalue weighted by atomic mass is 32.1. The van der Waals surface area contributed by atoms with Crippen LogP contribution in [0.4, 0.5) is 0 Å². The average molecular weight is 505 g/mol. The molecule has 0 radical (unpaired) electrons. The van der Waals surface area contributed by atoms with Crippen molar-refractivity contribution in [2.24, 2.45) is 0 Å². The Morgan fingerprint density at radius 2 is 1.47 bits per heavy atom. The van der Waals surface area contributed by atoms with E-state index in [-0.39, 0.29) is 21.0 Å². The first-order valence-corrected chi connectivity index (χ1v) is 13.2. The summed E-state index contributed by atoms with van der Waals surface area (Å²) in [6.07, 6.45) is 8.30. The van der Waals surface area contributed by atoms with Crippen molar-refractivity contribution in [2.75, 3.05) is 53.0 Å². The fraction of sp³-hybridized carbons (Fsp3) is 0.577. The summed E-state index contributed by atoms with van der Waals surface area (Å²) >= 11 is 3.72. The van der Waals surface area contributed by atoms with Crippen LogP contribution in [0.25, 0.3) is 0 Å². The van der Waals surface area contributed by atoms with Crippen molar-refractivity contribution in [1.29, 1.82) is 0 Å². The average Bonchev–Trinajstić information content (AvgIpc) is 3.58. The molecule has 8 heteroatoms. The van der Waals surface area contributed by atoms with Gasteiger partial charge in [-0.2, -0.15) is 0 Å². The molecule has 6 nitrogen and oxygen atoms in total. The SMILES string of the molecule is C.C.CN1CCN(CC2OCCc3sccc32)CC1.c1cn(CC2OCCc3sccc32)cn1. The highest BCUT2D eigenvalue weighted by Crippen LogP contribution is 2.32. The smallest absolute Gasteiger partial charge is 0.101 e. The van der Waals surface area contributed by atoms with Gasteiger partial charge in [-0.3, -0.25) is 4.90 Å². The zero-order valence-corrected chi connectivity index (χ0v) is 20.3. The van der Waals surface area contributed by atoms with E-state index in [1.165, 1.54) is 47.1 Å². The number of imidazole rings is 1. The van der Waals surface area contributed by atoms with Gasteiger partial charge in [0, 0.05) is 67.7 Å². The molecule has 0 bridgehead atoms. The number of ether oxygens (including phenoxy) is 2. The molecular weight excluding hydrogens is 464 g/mol. The van der Waals surface area contributed by atoms with Gasteiger partial charge in [-0.05, 0) is 41.1 Å². The van der Waals surface area contributed by atoms with E-state index in [1.807, 2.05) is 35.2 Å². The molecule has 0 aliphatic carbocycles. The van der Waals surface area contributed by atoms with Crippen LogP contribution in [0.1, 0.15) is 47.9 Å². The van der Waals surface area contributed by atoms with E-state index in [2.05, 4.69) is 49.3 Å². The first kappa shape index (κ1) is 27.0. The summed E-state index contributed by atoms with van der Waals surface area (Å²) in [7, 11) is 2.20. The molecule has 34 heavy (non-hydrogen) atoms. The minimum atomic E-state index is 0. The number of fused-ring (bicyclic) bond motifs is 2. The molecule has 0 aromatic carbocycles. The molecule has 188 valence electrons. The van der Waals surface area contributed by atoms with Crippen LogP contribution >= 0.6 is 22.7 Å². The molecule has 0 amide bonds. The van der Waals surface area contributed by atoms with E-state index in [4.69, 9.17) is 9.47 Å². The lowest BCUT2D eigenvalue weighted by atomic mass is 10.1. The zero-order valence-electron chi connectivity index (χ0n) is 18.7. The summed E-state index contributed by atoms with van der Waals surface area (Å²) in [6.45, 7) is 8.39. The van der Waals surface area contributed by atoms with E-state index in [1.54, 1.807) is 6.20 Å². The van der Waals surface area contributed by atoms with Gasteiger partial charge in [-0.25, -0.2) is 4.98 Å². The number of likely N-dealkylation sites (N-methyl/N-ethyl adjacent to an activating group) is 1. The Balaban J connectivity index is 0.000000181. The third kappa shape index (κ3) is 6.56. The predicted octanol–water partition coefficient (Wildman–Crippen LogP) is 5.14. The van der Waals surface area contributed by atoms with Gasteiger partial charge in [0.2, 0.25) is 0 Å². The van der Waals surface area contributed by atoms with Crippen molar-refractivity contribution in [2.45, 2.75) is 46.4 Å². The van der Waals surface area contributed by atoms with Crippen molar-refractivity contribution in [3.8, 4) is 0 Å². The van der Waals surface area contributed by atoms with Crippen LogP contribution in [0.2, 0.25) is 0 Å². The van der Waals surface area contributed by atoms with Crippen molar-refractivity contribution in [3.63, 3.8) is 0 Å². The Labute approximate surface area is 213 Å². The maximum absolute atomic E-state index is 5.94. The second-order valence-corrected chi connectivity index (χ2v) is 10.7. The number of nitrogens with zero attached hydrogens (tertiary/aromatic N) is 4. The van der Waals surface area contributed by atoms with Crippen LogP contribution in [0.5, 0.6) is 0 Å². The van der Waals surface area contributed by atoms with Crippen molar-refractivity contribution >= 4 is 22.7 Å². The Morgan fingerprint density at radius 3 is 2.03 bits per heavy atom. The number of thiophene rings is 2. The van der Waals surface area contributed by atoms with Crippen LogP contribution < -0.4 is 0 Å². The summed E-state index contributed by atoms with van der Waals surface area (Å²) in [5, 5.41) is 4.36. The van der Waals surface area contributed by atoms with E-state index < -0.39 is 0 Å². The van der Waals surface area contributed by atoms with Gasteiger partial charge in [0.1, 0.15) is 6.10 Å². The van der Waals surface area contributed by atoms with Gasteiger partial charge in [0.15, 0.2) is 0 Å². The molecule has 6 heterocycles. The van der Waals surface area contributed by atoms with E-state index in [0.717, 1.165) is 39.1 Å². The van der Waals surface area contributed by atoms with Gasteiger partial charge < -0.3 is 18.9 Å². The first-order valence-electron chi connectivity index (χ1n) is 11.5. The third-order valence-electron chi connectivity index (χ3n) is 6.51. The molecule has 3 aliphatic rings. The molecule has 1 fully saturated rings. The summed E-state index contributed by atoms with van der Waals surface area (Å²) in [5.74, 6) is 0. The largest absolute Gasteiger partial charge is 0.372 e. The monoisotopic (exact) mass is 504 g/mol. The van der Waals surface area contributed by atoms with Crippen molar-refractivity contribution in [3.05, 3.63) is 62.5 Å². The predicted molar refractivity (Wildman–Crippen MR) is 143 cm³/mol. The molecule has 3 aliphatic heterocycles. The molecule has 0 saturated carbocycles. The minimum Gasteiger partial charge on any atom is -0.372 e. The lowest BCUT2D eigenvalue weighted by Crippen LogP contribution is -2.46. The molecule has 3 aromatic rings. The van der Waals surface area contributed by atoms with E-state index >= 15 is 0 Å². The fourth-order valence-corrected chi connectivity index (χ4v) is 6.43. The first-order chi connectivity index (χ1) is 15.8.